The molecule has 2 rings (SSSR count). The van der Waals surface area contributed by atoms with Gasteiger partial charge in [0.1, 0.15) is 5.75 Å². The number of ketones is 1. The Morgan fingerprint density at radius 3 is 2.22 bits per heavy atom. The monoisotopic (exact) mass is 492 g/mol. The van der Waals surface area contributed by atoms with Crippen LogP contribution in [0.4, 0.5) is 0 Å². The third-order valence-corrected chi connectivity index (χ3v) is 5.31. The largest absolute Gasteiger partial charge is 0.471 e. The summed E-state index contributed by atoms with van der Waals surface area (Å²) in [4.78, 5) is 25.9. The van der Waals surface area contributed by atoms with Gasteiger partial charge in [0.2, 0.25) is 10.8 Å². The average molecular weight is 495 g/mol. The molecule has 0 spiro atoms. The van der Waals surface area contributed by atoms with Crippen molar-refractivity contribution in [2.45, 2.75) is 24.3 Å². The number of rotatable bonds is 7. The number of alkyl halides is 1. The lowest BCUT2D eigenvalue weighted by atomic mass is 9.78. The van der Waals surface area contributed by atoms with Gasteiger partial charge in [-0.3, -0.25) is 9.59 Å². The van der Waals surface area contributed by atoms with E-state index >= 15 is 0 Å². The molecule has 0 fully saturated rings. The van der Waals surface area contributed by atoms with Crippen LogP contribution < -0.4 is 4.74 Å². The second kappa shape index (κ2) is 9.28. The molecule has 4 nitrogen and oxygen atoms in total. The minimum Gasteiger partial charge on any atom is -0.471 e. The lowest BCUT2D eigenvalue weighted by molar-refractivity contribution is -0.154. The summed E-state index contributed by atoms with van der Waals surface area (Å²) in [7, 11) is 0. The second-order valence-corrected chi connectivity index (χ2v) is 7.83. The zero-order valence-electron chi connectivity index (χ0n) is 14.5. The van der Waals surface area contributed by atoms with Gasteiger partial charge >= 0.3 is 5.97 Å². The normalized spacial score (nSPS) is 14.1. The number of esters is 1. The third kappa shape index (κ3) is 4.96. The van der Waals surface area contributed by atoms with Gasteiger partial charge in [0.15, 0.2) is 5.41 Å². The molecule has 0 heterocycles. The first-order chi connectivity index (χ1) is 12.7. The maximum Gasteiger partial charge on any atom is 0.324 e. The average Bonchev–Trinajstić information content (AvgIpc) is 2.62. The highest BCUT2D eigenvalue weighted by Crippen LogP contribution is 2.36. The summed E-state index contributed by atoms with van der Waals surface area (Å²) in [6.07, 6.45) is 0. The molecular formula is C19H16BrCl3O4. The van der Waals surface area contributed by atoms with Crippen molar-refractivity contribution in [1.29, 1.82) is 0 Å². The summed E-state index contributed by atoms with van der Waals surface area (Å²) in [5, 5.41) is -0.0308. The van der Waals surface area contributed by atoms with Crippen LogP contribution in [0.1, 0.15) is 19.4 Å². The number of Topliss-reactive ketones (excluding diaryl/α,β-unsaturated/α-hetero) is 1. The van der Waals surface area contributed by atoms with Crippen molar-refractivity contribution in [1.82, 2.24) is 0 Å². The van der Waals surface area contributed by atoms with Crippen LogP contribution >= 0.6 is 50.7 Å². The fourth-order valence-electron chi connectivity index (χ4n) is 2.43. The van der Waals surface area contributed by atoms with E-state index in [1.807, 2.05) is 0 Å². The molecule has 0 saturated carbocycles. The molecule has 2 aromatic rings. The van der Waals surface area contributed by atoms with Crippen molar-refractivity contribution >= 4 is 62.5 Å². The van der Waals surface area contributed by atoms with Crippen LogP contribution in [0, 0.1) is 0 Å². The summed E-state index contributed by atoms with van der Waals surface area (Å²) in [5.74, 6) is -0.897. The second-order valence-electron chi connectivity index (χ2n) is 5.72. The van der Waals surface area contributed by atoms with E-state index in [-0.39, 0.29) is 17.2 Å². The Labute approximate surface area is 180 Å². The van der Waals surface area contributed by atoms with E-state index in [0.717, 1.165) is 0 Å². The predicted octanol–water partition coefficient (Wildman–Crippen LogP) is 5.84. The van der Waals surface area contributed by atoms with Gasteiger partial charge in [-0.05, 0) is 71.7 Å². The molecule has 0 aromatic heterocycles. The van der Waals surface area contributed by atoms with Gasteiger partial charge in [0.05, 0.1) is 6.61 Å². The standard InChI is InChI=1S/C19H16BrCl3O4/c1-3-26-18(25)19(2,14-9-6-12(22)10-15(14)23)16(24)17(20)27-13-7-4-11(21)5-8-13/h4-10,17H,3H2,1-2H3. The van der Waals surface area contributed by atoms with E-state index in [1.54, 1.807) is 37.3 Å². The number of benzene rings is 2. The van der Waals surface area contributed by atoms with E-state index in [2.05, 4.69) is 15.9 Å². The SMILES string of the molecule is CCOC(=O)C(C)(C(=O)C(Br)Oc1ccc(Cl)cc1)c1ccc(Cl)cc1Cl. The van der Waals surface area contributed by atoms with Crippen molar-refractivity contribution in [3.63, 3.8) is 0 Å². The van der Waals surface area contributed by atoms with Crippen molar-refractivity contribution in [2.24, 2.45) is 0 Å². The first-order valence-corrected chi connectivity index (χ1v) is 9.98. The number of hydrogen-bond donors (Lipinski definition) is 0. The van der Waals surface area contributed by atoms with Gasteiger partial charge in [-0.25, -0.2) is 0 Å². The highest BCUT2D eigenvalue weighted by molar-refractivity contribution is 9.09. The molecule has 2 atom stereocenters. The first-order valence-electron chi connectivity index (χ1n) is 7.93. The van der Waals surface area contributed by atoms with Gasteiger partial charge in [-0.1, -0.05) is 40.9 Å². The molecule has 0 N–H and O–H groups in total. The van der Waals surface area contributed by atoms with Crippen LogP contribution in [0.2, 0.25) is 15.1 Å². The Kier molecular flexibility index (Phi) is 7.57. The van der Waals surface area contributed by atoms with Crippen molar-refractivity contribution in [3.8, 4) is 5.75 Å². The summed E-state index contributed by atoms with van der Waals surface area (Å²) in [6, 6.07) is 11.0. The van der Waals surface area contributed by atoms with Crippen molar-refractivity contribution < 1.29 is 19.1 Å². The zero-order valence-corrected chi connectivity index (χ0v) is 18.3. The molecule has 2 unspecified atom stereocenters. The molecule has 0 saturated heterocycles. The molecule has 0 aliphatic heterocycles. The molecule has 0 bridgehead atoms. The summed E-state index contributed by atoms with van der Waals surface area (Å²) in [6.45, 7) is 3.21. The predicted molar refractivity (Wildman–Crippen MR) is 110 cm³/mol. The summed E-state index contributed by atoms with van der Waals surface area (Å²) < 4.78 is 10.8. The molecule has 2 aromatic carbocycles. The van der Waals surface area contributed by atoms with Crippen LogP contribution in [-0.4, -0.2) is 23.4 Å². The van der Waals surface area contributed by atoms with E-state index < -0.39 is 22.2 Å². The van der Waals surface area contributed by atoms with Crippen molar-refractivity contribution in [3.05, 3.63) is 63.1 Å². The van der Waals surface area contributed by atoms with Gasteiger partial charge in [0.25, 0.3) is 0 Å². The highest BCUT2D eigenvalue weighted by Gasteiger charge is 2.48. The number of carbonyl (C=O) groups is 2. The molecule has 0 amide bonds. The minimum atomic E-state index is -1.70. The minimum absolute atomic E-state index is 0.109. The molecule has 0 radical (unpaired) electrons. The highest BCUT2D eigenvalue weighted by atomic mass is 79.9. The molecule has 0 aliphatic carbocycles. The maximum atomic E-state index is 13.2. The number of hydrogen-bond acceptors (Lipinski definition) is 4. The molecular weight excluding hydrogens is 478 g/mol. The van der Waals surface area contributed by atoms with Gasteiger partial charge < -0.3 is 9.47 Å². The van der Waals surface area contributed by atoms with Gasteiger partial charge in [-0.2, -0.15) is 0 Å². The lowest BCUT2D eigenvalue weighted by Crippen LogP contribution is -2.47. The van der Waals surface area contributed by atoms with Crippen LogP contribution in [0.15, 0.2) is 42.5 Å². The number of halogens is 4. The Morgan fingerprint density at radius 2 is 1.67 bits per heavy atom. The van der Waals surface area contributed by atoms with Gasteiger partial charge in [0, 0.05) is 15.1 Å². The van der Waals surface area contributed by atoms with Crippen LogP contribution in [0.5, 0.6) is 5.75 Å². The quantitative estimate of drug-likeness (QED) is 0.276. The number of ether oxygens (including phenoxy) is 2. The molecule has 144 valence electrons. The Bertz CT molecular complexity index is 841. The van der Waals surface area contributed by atoms with E-state index in [4.69, 9.17) is 44.3 Å². The van der Waals surface area contributed by atoms with Crippen LogP contribution in [0.3, 0.4) is 0 Å². The lowest BCUT2D eigenvalue weighted by Gasteiger charge is -2.29. The summed E-state index contributed by atoms with van der Waals surface area (Å²) >= 11 is 21.3. The van der Waals surface area contributed by atoms with Crippen LogP contribution in [-0.2, 0) is 19.7 Å². The van der Waals surface area contributed by atoms with E-state index in [0.29, 0.717) is 15.8 Å². The molecule has 0 aliphatic rings. The topological polar surface area (TPSA) is 52.6 Å². The molecule has 8 heteroatoms. The van der Waals surface area contributed by atoms with Crippen LogP contribution in [0.25, 0.3) is 0 Å². The first kappa shape index (κ1) is 22.0. The zero-order chi connectivity index (χ0) is 20.2. The van der Waals surface area contributed by atoms with E-state index in [1.165, 1.54) is 19.1 Å². The van der Waals surface area contributed by atoms with Gasteiger partial charge in [-0.15, -0.1) is 0 Å². The Hall–Kier alpha value is -1.27. The third-order valence-electron chi connectivity index (χ3n) is 3.91. The fraction of sp³-hybridized carbons (Fsp3) is 0.263. The smallest absolute Gasteiger partial charge is 0.324 e. The summed E-state index contributed by atoms with van der Waals surface area (Å²) in [5.41, 5.74) is -1.42. The van der Waals surface area contributed by atoms with E-state index in [9.17, 15) is 9.59 Å². The Morgan fingerprint density at radius 1 is 1.07 bits per heavy atom. The fourth-order valence-corrected chi connectivity index (χ4v) is 3.82. The maximum absolute atomic E-state index is 13.2. The number of carbonyl (C=O) groups excluding carboxylic acids is 2. The van der Waals surface area contributed by atoms with Crippen molar-refractivity contribution in [2.75, 3.05) is 6.61 Å². The Balaban J connectivity index is 2.41. The molecule has 27 heavy (non-hydrogen) atoms.